The van der Waals surface area contributed by atoms with Gasteiger partial charge in [-0.25, -0.2) is 0 Å². The minimum absolute atomic E-state index is 0. The molecule has 2 rings (SSSR count). The molecular formula is C12H17ClN2O2. The van der Waals surface area contributed by atoms with Crippen molar-refractivity contribution in [3.05, 3.63) is 35.4 Å². The van der Waals surface area contributed by atoms with Gasteiger partial charge in [-0.15, -0.1) is 12.4 Å². The number of nitrogens with two attached hydrogens (primary N) is 1. The van der Waals surface area contributed by atoms with Crippen LogP contribution in [-0.2, 0) is 17.6 Å². The second-order valence-electron chi connectivity index (χ2n) is 4.18. The summed E-state index contributed by atoms with van der Waals surface area (Å²) in [7, 11) is 0. The number of nitrogens with one attached hydrogen (secondary N) is 1. The van der Waals surface area contributed by atoms with Crippen LogP contribution >= 0.6 is 12.4 Å². The quantitative estimate of drug-likeness (QED) is 0.711. The molecule has 0 fully saturated rings. The van der Waals surface area contributed by atoms with Crippen molar-refractivity contribution < 1.29 is 9.90 Å². The molecule has 0 bridgehead atoms. The molecule has 0 unspecified atom stereocenters. The van der Waals surface area contributed by atoms with Gasteiger partial charge in [0.2, 0.25) is 5.91 Å². The minimum atomic E-state index is -0.640. The fourth-order valence-corrected chi connectivity index (χ4v) is 2.19. The van der Waals surface area contributed by atoms with Crippen LogP contribution in [0.15, 0.2) is 24.3 Å². The molecule has 94 valence electrons. The topological polar surface area (TPSA) is 75.4 Å². The van der Waals surface area contributed by atoms with E-state index in [-0.39, 0.29) is 25.1 Å². The number of primary amides is 1. The Kier molecular flexibility index (Phi) is 4.93. The minimum Gasteiger partial charge on any atom is -0.394 e. The first kappa shape index (κ1) is 14.0. The number of benzene rings is 1. The van der Waals surface area contributed by atoms with Crippen molar-refractivity contribution >= 4 is 18.3 Å². The molecule has 0 aromatic heterocycles. The van der Waals surface area contributed by atoms with Crippen LogP contribution in [0.4, 0.5) is 0 Å². The second kappa shape index (κ2) is 6.00. The molecule has 0 saturated carbocycles. The van der Waals surface area contributed by atoms with Gasteiger partial charge in [0.25, 0.3) is 0 Å². The van der Waals surface area contributed by atoms with Gasteiger partial charge in [-0.2, -0.15) is 0 Å². The van der Waals surface area contributed by atoms with E-state index in [0.717, 1.165) is 12.8 Å². The summed E-state index contributed by atoms with van der Waals surface area (Å²) in [5, 5.41) is 12.1. The SMILES string of the molecule is Cl.NC(=O)[C@H](CO)NC1Cc2ccccc2C1. The van der Waals surface area contributed by atoms with Gasteiger partial charge < -0.3 is 16.2 Å². The molecule has 1 aromatic carbocycles. The molecule has 1 amide bonds. The maximum Gasteiger partial charge on any atom is 0.236 e. The van der Waals surface area contributed by atoms with Gasteiger partial charge in [0.05, 0.1) is 6.61 Å². The predicted octanol–water partition coefficient (Wildman–Crippen LogP) is 0.0114. The summed E-state index contributed by atoms with van der Waals surface area (Å²) in [5.41, 5.74) is 7.78. The number of carbonyl (C=O) groups excluding carboxylic acids is 1. The first-order chi connectivity index (χ1) is 7.70. The van der Waals surface area contributed by atoms with E-state index in [9.17, 15) is 4.79 Å². The largest absolute Gasteiger partial charge is 0.394 e. The van der Waals surface area contributed by atoms with Gasteiger partial charge in [0.15, 0.2) is 0 Å². The Balaban J connectivity index is 0.00000144. The van der Waals surface area contributed by atoms with E-state index in [1.54, 1.807) is 0 Å². The second-order valence-corrected chi connectivity index (χ2v) is 4.18. The Morgan fingerprint density at radius 3 is 2.35 bits per heavy atom. The molecule has 0 spiro atoms. The van der Waals surface area contributed by atoms with E-state index in [1.807, 2.05) is 12.1 Å². The van der Waals surface area contributed by atoms with Crippen LogP contribution in [0.25, 0.3) is 0 Å². The number of aliphatic hydroxyl groups is 1. The normalized spacial score (nSPS) is 16.1. The summed E-state index contributed by atoms with van der Waals surface area (Å²) in [6, 6.07) is 7.77. The van der Waals surface area contributed by atoms with Crippen molar-refractivity contribution in [2.75, 3.05) is 6.61 Å². The molecule has 17 heavy (non-hydrogen) atoms. The van der Waals surface area contributed by atoms with Gasteiger partial charge >= 0.3 is 0 Å². The monoisotopic (exact) mass is 256 g/mol. The summed E-state index contributed by atoms with van der Waals surface area (Å²) < 4.78 is 0. The molecule has 0 saturated heterocycles. The fraction of sp³-hybridized carbons (Fsp3) is 0.417. The third-order valence-corrected chi connectivity index (χ3v) is 3.01. The smallest absolute Gasteiger partial charge is 0.236 e. The van der Waals surface area contributed by atoms with Crippen LogP contribution in [0, 0.1) is 0 Å². The summed E-state index contributed by atoms with van der Waals surface area (Å²) in [4.78, 5) is 11.0. The number of rotatable bonds is 4. The lowest BCUT2D eigenvalue weighted by molar-refractivity contribution is -0.121. The van der Waals surface area contributed by atoms with Gasteiger partial charge in [0, 0.05) is 6.04 Å². The maximum absolute atomic E-state index is 11.0. The number of amides is 1. The van der Waals surface area contributed by atoms with E-state index >= 15 is 0 Å². The molecule has 4 N–H and O–H groups in total. The van der Waals surface area contributed by atoms with Crippen molar-refractivity contribution in [1.82, 2.24) is 5.32 Å². The predicted molar refractivity (Wildman–Crippen MR) is 68.1 cm³/mol. The zero-order chi connectivity index (χ0) is 11.5. The molecule has 5 heteroatoms. The Morgan fingerprint density at radius 2 is 1.94 bits per heavy atom. The highest BCUT2D eigenvalue weighted by molar-refractivity contribution is 5.85. The van der Waals surface area contributed by atoms with Crippen molar-refractivity contribution in [3.8, 4) is 0 Å². The molecule has 4 nitrogen and oxygen atoms in total. The van der Waals surface area contributed by atoms with Crippen LogP contribution in [0.1, 0.15) is 11.1 Å². The van der Waals surface area contributed by atoms with E-state index in [4.69, 9.17) is 10.8 Å². The third-order valence-electron chi connectivity index (χ3n) is 3.01. The summed E-state index contributed by atoms with van der Waals surface area (Å²) in [6.45, 7) is -0.248. The van der Waals surface area contributed by atoms with Crippen molar-refractivity contribution in [2.45, 2.75) is 24.9 Å². The first-order valence-corrected chi connectivity index (χ1v) is 5.43. The Morgan fingerprint density at radius 1 is 1.41 bits per heavy atom. The van der Waals surface area contributed by atoms with Crippen molar-refractivity contribution in [3.63, 3.8) is 0 Å². The number of fused-ring (bicyclic) bond motifs is 1. The zero-order valence-electron chi connectivity index (χ0n) is 9.43. The summed E-state index contributed by atoms with van der Waals surface area (Å²) >= 11 is 0. The highest BCUT2D eigenvalue weighted by atomic mass is 35.5. The molecule has 1 aromatic rings. The van der Waals surface area contributed by atoms with Gasteiger partial charge in [-0.3, -0.25) is 4.79 Å². The lowest BCUT2D eigenvalue weighted by atomic mass is 10.1. The molecule has 1 atom stereocenters. The molecular weight excluding hydrogens is 240 g/mol. The van der Waals surface area contributed by atoms with Gasteiger partial charge in [0.1, 0.15) is 6.04 Å². The number of hydrogen-bond donors (Lipinski definition) is 3. The third kappa shape index (κ3) is 3.19. The van der Waals surface area contributed by atoms with Crippen LogP contribution in [0.5, 0.6) is 0 Å². The average Bonchev–Trinajstić information content (AvgIpc) is 2.67. The Labute approximate surface area is 107 Å². The molecule has 0 heterocycles. The highest BCUT2D eigenvalue weighted by Gasteiger charge is 2.24. The number of carbonyl (C=O) groups is 1. The molecule has 1 aliphatic carbocycles. The van der Waals surface area contributed by atoms with E-state index in [2.05, 4.69) is 17.4 Å². The summed E-state index contributed by atoms with van der Waals surface area (Å²) in [5.74, 6) is -0.501. The summed E-state index contributed by atoms with van der Waals surface area (Å²) in [6.07, 6.45) is 1.78. The van der Waals surface area contributed by atoms with Crippen LogP contribution in [0.2, 0.25) is 0 Å². The zero-order valence-corrected chi connectivity index (χ0v) is 10.2. The molecule has 1 aliphatic rings. The first-order valence-electron chi connectivity index (χ1n) is 5.43. The fourth-order valence-electron chi connectivity index (χ4n) is 2.19. The van der Waals surface area contributed by atoms with Crippen LogP contribution < -0.4 is 11.1 Å². The maximum atomic E-state index is 11.0. The van der Waals surface area contributed by atoms with Crippen LogP contribution in [-0.4, -0.2) is 29.7 Å². The van der Waals surface area contributed by atoms with Crippen molar-refractivity contribution in [1.29, 1.82) is 0 Å². The number of hydrogen-bond acceptors (Lipinski definition) is 3. The van der Waals surface area contributed by atoms with Crippen molar-refractivity contribution in [2.24, 2.45) is 5.73 Å². The lowest BCUT2D eigenvalue weighted by Gasteiger charge is -2.17. The van der Waals surface area contributed by atoms with Crippen LogP contribution in [0.3, 0.4) is 0 Å². The Bertz CT molecular complexity index is 373. The van der Waals surface area contributed by atoms with E-state index in [0.29, 0.717) is 0 Å². The van der Waals surface area contributed by atoms with Gasteiger partial charge in [-0.05, 0) is 24.0 Å². The number of halogens is 1. The number of aliphatic hydroxyl groups excluding tert-OH is 1. The molecule has 0 aliphatic heterocycles. The highest BCUT2D eigenvalue weighted by Crippen LogP contribution is 2.21. The standard InChI is InChI=1S/C12H16N2O2.ClH/c13-12(16)11(7-15)14-10-5-8-3-1-2-4-9(8)6-10;/h1-4,10-11,14-15H,5-7H2,(H2,13,16);1H/t11-;/m0./s1. The average molecular weight is 257 g/mol. The lowest BCUT2D eigenvalue weighted by Crippen LogP contribution is -2.49. The van der Waals surface area contributed by atoms with E-state index < -0.39 is 11.9 Å². The van der Waals surface area contributed by atoms with E-state index in [1.165, 1.54) is 11.1 Å². The Hall–Kier alpha value is -1.10. The molecule has 0 radical (unpaired) electrons. The van der Waals surface area contributed by atoms with Gasteiger partial charge in [-0.1, -0.05) is 24.3 Å².